The molecule has 2 aromatic rings. The van der Waals surface area contributed by atoms with Gasteiger partial charge in [-0.2, -0.15) is 0 Å². The minimum Gasteiger partial charge on any atom is -0.464 e. The summed E-state index contributed by atoms with van der Waals surface area (Å²) in [6, 6.07) is 3.62. The van der Waals surface area contributed by atoms with Crippen molar-refractivity contribution in [3.63, 3.8) is 0 Å². The maximum Gasteiger partial charge on any atom is 0.358 e. The van der Waals surface area contributed by atoms with Gasteiger partial charge in [0.25, 0.3) is 0 Å². The maximum atomic E-state index is 11.9. The van der Waals surface area contributed by atoms with Gasteiger partial charge in [0.15, 0.2) is 5.69 Å². The van der Waals surface area contributed by atoms with Gasteiger partial charge in [0, 0.05) is 18.7 Å². The number of aromatic nitrogens is 2. The number of hydrogen-bond acceptors (Lipinski definition) is 4. The molecule has 1 unspecified atom stereocenters. The zero-order valence-electron chi connectivity index (χ0n) is 11.2. The third-order valence-corrected chi connectivity index (χ3v) is 3.99. The van der Waals surface area contributed by atoms with Crippen molar-refractivity contribution in [2.45, 2.75) is 18.8 Å². The van der Waals surface area contributed by atoms with E-state index in [1.807, 2.05) is 16.7 Å². The molecule has 0 aromatic carbocycles. The van der Waals surface area contributed by atoms with Gasteiger partial charge in [-0.1, -0.05) is 11.6 Å². The molecule has 5 nitrogen and oxygen atoms in total. The zero-order valence-corrected chi connectivity index (χ0v) is 12.0. The van der Waals surface area contributed by atoms with Crippen LogP contribution in [0.15, 0.2) is 18.3 Å². The van der Waals surface area contributed by atoms with Crippen LogP contribution in [-0.4, -0.2) is 35.6 Å². The van der Waals surface area contributed by atoms with Crippen LogP contribution in [0.1, 0.15) is 35.1 Å². The molecule has 2 aromatic heterocycles. The number of carbonyl (C=O) groups excluding carboxylic acids is 1. The Bertz CT molecular complexity index is 647. The fraction of sp³-hybridized carbons (Fsp3) is 0.429. The molecular formula is C14H16ClN3O2. The Morgan fingerprint density at radius 2 is 2.45 bits per heavy atom. The zero-order chi connectivity index (χ0) is 14.1. The SMILES string of the molecule is COC(=O)c1nc(C2CCCNC2)n2cccc(Cl)c12. The molecule has 3 rings (SSSR count). The molecule has 0 radical (unpaired) electrons. The molecule has 1 atom stereocenters. The van der Waals surface area contributed by atoms with Gasteiger partial charge in [-0.15, -0.1) is 0 Å². The Kier molecular flexibility index (Phi) is 3.63. The van der Waals surface area contributed by atoms with Gasteiger partial charge in [-0.25, -0.2) is 9.78 Å². The Hall–Kier alpha value is -1.59. The van der Waals surface area contributed by atoms with E-state index in [2.05, 4.69) is 10.3 Å². The summed E-state index contributed by atoms with van der Waals surface area (Å²) in [5.74, 6) is 0.703. The molecule has 3 heterocycles. The number of pyridine rings is 1. The minimum absolute atomic E-state index is 0.285. The molecule has 1 aliphatic rings. The van der Waals surface area contributed by atoms with E-state index in [1.54, 1.807) is 6.07 Å². The van der Waals surface area contributed by atoms with Crippen molar-refractivity contribution in [2.75, 3.05) is 20.2 Å². The highest BCUT2D eigenvalue weighted by Crippen LogP contribution is 2.29. The highest BCUT2D eigenvalue weighted by molar-refractivity contribution is 6.34. The van der Waals surface area contributed by atoms with Crippen LogP contribution in [0.25, 0.3) is 5.52 Å². The van der Waals surface area contributed by atoms with Crippen molar-refractivity contribution in [3.05, 3.63) is 34.9 Å². The van der Waals surface area contributed by atoms with Crippen LogP contribution in [0.2, 0.25) is 5.02 Å². The summed E-state index contributed by atoms with van der Waals surface area (Å²) >= 11 is 6.23. The number of hydrogen-bond donors (Lipinski definition) is 1. The fourth-order valence-corrected chi connectivity index (χ4v) is 2.97. The lowest BCUT2D eigenvalue weighted by atomic mass is 9.99. The Morgan fingerprint density at radius 1 is 1.60 bits per heavy atom. The van der Waals surface area contributed by atoms with Crippen LogP contribution < -0.4 is 5.32 Å². The molecule has 20 heavy (non-hydrogen) atoms. The lowest BCUT2D eigenvalue weighted by Crippen LogP contribution is -2.29. The molecule has 6 heteroatoms. The number of ether oxygens (including phenoxy) is 1. The van der Waals surface area contributed by atoms with Crippen molar-refractivity contribution in [2.24, 2.45) is 0 Å². The molecular weight excluding hydrogens is 278 g/mol. The molecule has 106 valence electrons. The Morgan fingerprint density at radius 3 is 3.15 bits per heavy atom. The lowest BCUT2D eigenvalue weighted by molar-refractivity contribution is 0.0596. The van der Waals surface area contributed by atoms with Gasteiger partial charge in [0.05, 0.1) is 17.6 Å². The van der Waals surface area contributed by atoms with Gasteiger partial charge < -0.3 is 14.5 Å². The van der Waals surface area contributed by atoms with E-state index in [-0.39, 0.29) is 5.92 Å². The molecule has 1 aliphatic heterocycles. The van der Waals surface area contributed by atoms with Crippen LogP contribution >= 0.6 is 11.6 Å². The second-order valence-corrected chi connectivity index (χ2v) is 5.34. The van der Waals surface area contributed by atoms with Gasteiger partial charge in [0.2, 0.25) is 0 Å². The average Bonchev–Trinajstić information content (AvgIpc) is 2.88. The predicted molar refractivity (Wildman–Crippen MR) is 76.4 cm³/mol. The number of piperidine rings is 1. The Balaban J connectivity index is 2.17. The number of methoxy groups -OCH3 is 1. The number of nitrogens with zero attached hydrogens (tertiary/aromatic N) is 2. The Labute approximate surface area is 121 Å². The number of nitrogens with one attached hydrogen (secondary N) is 1. The average molecular weight is 294 g/mol. The first kappa shape index (κ1) is 13.4. The van der Waals surface area contributed by atoms with Gasteiger partial charge in [-0.3, -0.25) is 0 Å². The number of esters is 1. The molecule has 0 saturated carbocycles. The third-order valence-electron chi connectivity index (χ3n) is 3.68. The summed E-state index contributed by atoms with van der Waals surface area (Å²) in [5, 5.41) is 3.87. The van der Waals surface area contributed by atoms with E-state index in [4.69, 9.17) is 16.3 Å². The van der Waals surface area contributed by atoms with Crippen molar-refractivity contribution >= 4 is 23.1 Å². The number of imidazole rings is 1. The van der Waals surface area contributed by atoms with Crippen LogP contribution in [0, 0.1) is 0 Å². The monoisotopic (exact) mass is 293 g/mol. The van der Waals surface area contributed by atoms with Crippen molar-refractivity contribution in [3.8, 4) is 0 Å². The number of fused-ring (bicyclic) bond motifs is 1. The number of rotatable bonds is 2. The summed E-state index contributed by atoms with van der Waals surface area (Å²) in [4.78, 5) is 16.4. The largest absolute Gasteiger partial charge is 0.464 e. The predicted octanol–water partition coefficient (Wildman–Crippen LogP) is 2.24. The molecule has 0 spiro atoms. The van der Waals surface area contributed by atoms with Crippen molar-refractivity contribution in [1.29, 1.82) is 0 Å². The second kappa shape index (κ2) is 5.42. The van der Waals surface area contributed by atoms with Gasteiger partial charge >= 0.3 is 5.97 Å². The second-order valence-electron chi connectivity index (χ2n) is 4.93. The van der Waals surface area contributed by atoms with Gasteiger partial charge in [0.1, 0.15) is 5.82 Å². The van der Waals surface area contributed by atoms with E-state index in [9.17, 15) is 4.79 Å². The molecule has 0 aliphatic carbocycles. The van der Waals surface area contributed by atoms with E-state index in [1.165, 1.54) is 7.11 Å². The van der Waals surface area contributed by atoms with E-state index in [0.717, 1.165) is 31.8 Å². The highest BCUT2D eigenvalue weighted by Gasteiger charge is 2.25. The summed E-state index contributed by atoms with van der Waals surface area (Å²) in [5.41, 5.74) is 0.917. The fourth-order valence-electron chi connectivity index (χ4n) is 2.72. The quantitative estimate of drug-likeness (QED) is 0.863. The maximum absolute atomic E-state index is 11.9. The van der Waals surface area contributed by atoms with E-state index >= 15 is 0 Å². The third kappa shape index (κ3) is 2.17. The van der Waals surface area contributed by atoms with E-state index in [0.29, 0.717) is 16.2 Å². The van der Waals surface area contributed by atoms with Crippen LogP contribution in [-0.2, 0) is 4.74 Å². The smallest absolute Gasteiger partial charge is 0.358 e. The van der Waals surface area contributed by atoms with Crippen LogP contribution in [0.4, 0.5) is 0 Å². The minimum atomic E-state index is -0.453. The molecule has 0 bridgehead atoms. The molecule has 1 fully saturated rings. The first-order valence-electron chi connectivity index (χ1n) is 6.68. The lowest BCUT2D eigenvalue weighted by Gasteiger charge is -2.21. The standard InChI is InChI=1S/C14H16ClN3O2/c1-20-14(19)11-12-10(15)5-3-7-18(12)13(17-11)9-4-2-6-16-8-9/h3,5,7,9,16H,2,4,6,8H2,1H3. The summed E-state index contributed by atoms with van der Waals surface area (Å²) in [7, 11) is 1.35. The molecule has 0 amide bonds. The topological polar surface area (TPSA) is 55.6 Å². The first-order chi connectivity index (χ1) is 9.72. The summed E-state index contributed by atoms with van der Waals surface area (Å²) < 4.78 is 6.72. The number of carbonyl (C=O) groups is 1. The van der Waals surface area contributed by atoms with Gasteiger partial charge in [-0.05, 0) is 31.5 Å². The number of halogens is 1. The van der Waals surface area contributed by atoms with Crippen molar-refractivity contribution < 1.29 is 9.53 Å². The summed E-state index contributed by atoms with van der Waals surface area (Å²) in [6.07, 6.45) is 4.05. The van der Waals surface area contributed by atoms with Crippen molar-refractivity contribution in [1.82, 2.24) is 14.7 Å². The van der Waals surface area contributed by atoms with E-state index < -0.39 is 5.97 Å². The summed E-state index contributed by atoms with van der Waals surface area (Å²) in [6.45, 7) is 1.90. The molecule has 1 saturated heterocycles. The normalized spacial score (nSPS) is 19.2. The van der Waals surface area contributed by atoms with Crippen LogP contribution in [0.3, 0.4) is 0 Å². The first-order valence-corrected chi connectivity index (χ1v) is 7.05. The van der Waals surface area contributed by atoms with Crippen LogP contribution in [0.5, 0.6) is 0 Å². The highest BCUT2D eigenvalue weighted by atomic mass is 35.5. The molecule has 1 N–H and O–H groups in total.